The first-order chi connectivity index (χ1) is 7.16. The maximum absolute atomic E-state index is 11.6. The predicted molar refractivity (Wildman–Crippen MR) is 56.7 cm³/mol. The molecule has 0 aromatic carbocycles. The molecule has 1 atom stereocenters. The summed E-state index contributed by atoms with van der Waals surface area (Å²) in [6.45, 7) is 4.13. The zero-order chi connectivity index (χ0) is 10.8. The Hall–Kier alpha value is -1.58. The number of hydrogen-bond donors (Lipinski definition) is 1. The first-order valence-corrected chi connectivity index (χ1v) is 5.08. The molecular formula is C11H14N2O2. The van der Waals surface area contributed by atoms with E-state index >= 15 is 0 Å². The third-order valence-corrected chi connectivity index (χ3v) is 2.29. The molecule has 0 saturated heterocycles. The molecule has 1 amide bonds. The van der Waals surface area contributed by atoms with E-state index in [0.717, 1.165) is 6.42 Å². The van der Waals surface area contributed by atoms with Gasteiger partial charge in [-0.05, 0) is 18.4 Å². The van der Waals surface area contributed by atoms with Crippen LogP contribution in [-0.2, 0) is 4.79 Å². The van der Waals surface area contributed by atoms with Crippen LogP contribution in [0.5, 0.6) is 5.75 Å². The molecule has 80 valence electrons. The minimum atomic E-state index is -0.387. The van der Waals surface area contributed by atoms with E-state index in [1.807, 2.05) is 0 Å². The quantitative estimate of drug-likeness (QED) is 0.803. The molecule has 1 aromatic heterocycles. The number of carbonyl (C=O) groups excluding carboxylic acids is 1. The van der Waals surface area contributed by atoms with E-state index in [4.69, 9.17) is 4.74 Å². The van der Waals surface area contributed by atoms with Gasteiger partial charge >= 0.3 is 0 Å². The molecule has 2 heterocycles. The van der Waals surface area contributed by atoms with Gasteiger partial charge in [-0.25, -0.2) is 0 Å². The zero-order valence-electron chi connectivity index (χ0n) is 8.86. The van der Waals surface area contributed by atoms with Gasteiger partial charge in [0.15, 0.2) is 11.9 Å². The summed E-state index contributed by atoms with van der Waals surface area (Å²) in [5.41, 5.74) is 0.704. The Morgan fingerprint density at radius 1 is 1.60 bits per heavy atom. The lowest BCUT2D eigenvalue weighted by Gasteiger charge is -2.26. The van der Waals surface area contributed by atoms with Gasteiger partial charge in [0.05, 0.1) is 11.9 Å². The van der Waals surface area contributed by atoms with Crippen molar-refractivity contribution in [3.05, 3.63) is 18.5 Å². The summed E-state index contributed by atoms with van der Waals surface area (Å²) < 4.78 is 5.58. The summed E-state index contributed by atoms with van der Waals surface area (Å²) >= 11 is 0. The van der Waals surface area contributed by atoms with Crippen molar-refractivity contribution < 1.29 is 9.53 Å². The summed E-state index contributed by atoms with van der Waals surface area (Å²) in [7, 11) is 0. The van der Waals surface area contributed by atoms with Crippen LogP contribution in [-0.4, -0.2) is 17.0 Å². The Labute approximate surface area is 88.7 Å². The molecule has 0 radical (unpaired) electrons. The molecule has 0 saturated carbocycles. The molecule has 1 aliphatic rings. The van der Waals surface area contributed by atoms with Crippen molar-refractivity contribution in [3.63, 3.8) is 0 Å². The smallest absolute Gasteiger partial charge is 0.265 e. The first-order valence-electron chi connectivity index (χ1n) is 5.08. The fourth-order valence-corrected chi connectivity index (χ4v) is 1.58. The summed E-state index contributed by atoms with van der Waals surface area (Å²) in [6, 6.07) is 1.73. The van der Waals surface area contributed by atoms with Gasteiger partial charge in [-0.2, -0.15) is 0 Å². The van der Waals surface area contributed by atoms with Gasteiger partial charge in [0.25, 0.3) is 5.91 Å². The summed E-state index contributed by atoms with van der Waals surface area (Å²) in [5.74, 6) is 1.02. The Morgan fingerprint density at radius 3 is 3.13 bits per heavy atom. The highest BCUT2D eigenvalue weighted by atomic mass is 16.5. The minimum Gasteiger partial charge on any atom is -0.477 e. The highest BCUT2D eigenvalue weighted by Crippen LogP contribution is 2.29. The number of ether oxygens (including phenoxy) is 1. The standard InChI is InChI=1S/C11H14N2O2/c1-7(2)5-9-11(14)13-8-3-4-12-6-10(8)15-9/h3-4,6-7,9H,5H2,1-2H3,(H,13,14). The fourth-order valence-electron chi connectivity index (χ4n) is 1.58. The highest BCUT2D eigenvalue weighted by molar-refractivity contribution is 5.97. The topological polar surface area (TPSA) is 51.2 Å². The van der Waals surface area contributed by atoms with Crippen molar-refractivity contribution >= 4 is 11.6 Å². The van der Waals surface area contributed by atoms with E-state index in [9.17, 15) is 4.79 Å². The maximum atomic E-state index is 11.6. The van der Waals surface area contributed by atoms with Crippen molar-refractivity contribution in [2.75, 3.05) is 5.32 Å². The van der Waals surface area contributed by atoms with Crippen LogP contribution in [0.25, 0.3) is 0 Å². The second-order valence-electron chi connectivity index (χ2n) is 4.10. The van der Waals surface area contributed by atoms with Gasteiger partial charge in [-0.15, -0.1) is 0 Å². The van der Waals surface area contributed by atoms with E-state index in [1.54, 1.807) is 18.5 Å². The summed E-state index contributed by atoms with van der Waals surface area (Å²) in [5, 5.41) is 2.81. The molecule has 1 aliphatic heterocycles. The van der Waals surface area contributed by atoms with Crippen molar-refractivity contribution in [1.82, 2.24) is 4.98 Å². The normalized spacial score (nSPS) is 19.4. The SMILES string of the molecule is CC(C)CC1Oc2cnccc2NC1=O. The van der Waals surface area contributed by atoms with Gasteiger partial charge in [0.2, 0.25) is 0 Å². The van der Waals surface area contributed by atoms with Crippen LogP contribution in [0.15, 0.2) is 18.5 Å². The van der Waals surface area contributed by atoms with Crippen LogP contribution in [0.3, 0.4) is 0 Å². The molecule has 2 rings (SSSR count). The number of anilines is 1. The van der Waals surface area contributed by atoms with Crippen LogP contribution in [0.1, 0.15) is 20.3 Å². The summed E-state index contributed by atoms with van der Waals surface area (Å²) in [4.78, 5) is 15.6. The van der Waals surface area contributed by atoms with Crippen molar-refractivity contribution in [1.29, 1.82) is 0 Å². The fraction of sp³-hybridized carbons (Fsp3) is 0.455. The van der Waals surface area contributed by atoms with Crippen LogP contribution < -0.4 is 10.1 Å². The van der Waals surface area contributed by atoms with Crippen molar-refractivity contribution in [3.8, 4) is 5.75 Å². The van der Waals surface area contributed by atoms with E-state index in [2.05, 4.69) is 24.1 Å². The average molecular weight is 206 g/mol. The second-order valence-corrected chi connectivity index (χ2v) is 4.10. The van der Waals surface area contributed by atoms with Gasteiger partial charge in [0.1, 0.15) is 0 Å². The number of aromatic nitrogens is 1. The van der Waals surface area contributed by atoms with Crippen LogP contribution in [0, 0.1) is 5.92 Å². The van der Waals surface area contributed by atoms with E-state index < -0.39 is 0 Å². The molecule has 0 spiro atoms. The van der Waals surface area contributed by atoms with Gasteiger partial charge in [-0.1, -0.05) is 13.8 Å². The summed E-state index contributed by atoms with van der Waals surface area (Å²) in [6.07, 6.45) is 3.59. The van der Waals surface area contributed by atoms with Gasteiger partial charge < -0.3 is 10.1 Å². The Morgan fingerprint density at radius 2 is 2.40 bits per heavy atom. The van der Waals surface area contributed by atoms with Crippen LogP contribution >= 0.6 is 0 Å². The Kier molecular flexibility index (Phi) is 2.58. The van der Waals surface area contributed by atoms with E-state index in [1.165, 1.54) is 0 Å². The van der Waals surface area contributed by atoms with Crippen LogP contribution in [0.4, 0.5) is 5.69 Å². The number of carbonyl (C=O) groups is 1. The van der Waals surface area contributed by atoms with Gasteiger partial charge in [0, 0.05) is 6.20 Å². The molecule has 1 aromatic rings. The molecule has 1 unspecified atom stereocenters. The number of rotatable bonds is 2. The molecule has 0 aliphatic carbocycles. The van der Waals surface area contributed by atoms with Crippen molar-refractivity contribution in [2.45, 2.75) is 26.4 Å². The number of pyridine rings is 1. The molecule has 4 heteroatoms. The van der Waals surface area contributed by atoms with E-state index in [-0.39, 0.29) is 12.0 Å². The number of hydrogen-bond acceptors (Lipinski definition) is 3. The van der Waals surface area contributed by atoms with E-state index in [0.29, 0.717) is 17.4 Å². The molecule has 0 bridgehead atoms. The lowest BCUT2D eigenvalue weighted by molar-refractivity contribution is -0.124. The minimum absolute atomic E-state index is 0.0672. The Balaban J connectivity index is 2.18. The lowest BCUT2D eigenvalue weighted by Crippen LogP contribution is -2.37. The molecule has 4 nitrogen and oxygen atoms in total. The third-order valence-electron chi connectivity index (χ3n) is 2.29. The largest absolute Gasteiger partial charge is 0.477 e. The predicted octanol–water partition coefficient (Wildman–Crippen LogP) is 1.83. The average Bonchev–Trinajstić information content (AvgIpc) is 2.18. The zero-order valence-corrected chi connectivity index (χ0v) is 8.86. The number of fused-ring (bicyclic) bond motifs is 1. The van der Waals surface area contributed by atoms with Crippen LogP contribution in [0.2, 0.25) is 0 Å². The number of nitrogens with zero attached hydrogens (tertiary/aromatic N) is 1. The molecule has 15 heavy (non-hydrogen) atoms. The monoisotopic (exact) mass is 206 g/mol. The molecular weight excluding hydrogens is 192 g/mol. The Bertz CT molecular complexity index is 377. The number of nitrogens with one attached hydrogen (secondary N) is 1. The lowest BCUT2D eigenvalue weighted by atomic mass is 10.0. The maximum Gasteiger partial charge on any atom is 0.265 e. The third kappa shape index (κ3) is 2.09. The first kappa shape index (κ1) is 9.96. The molecule has 0 fully saturated rings. The van der Waals surface area contributed by atoms with Gasteiger partial charge in [-0.3, -0.25) is 9.78 Å². The van der Waals surface area contributed by atoms with Crippen molar-refractivity contribution in [2.24, 2.45) is 5.92 Å². The highest BCUT2D eigenvalue weighted by Gasteiger charge is 2.27. The second kappa shape index (κ2) is 3.88. The molecule has 1 N–H and O–H groups in total. The number of amides is 1.